The van der Waals surface area contributed by atoms with E-state index in [1.807, 2.05) is 0 Å². The normalized spacial score (nSPS) is 30.1. The molecule has 2 fully saturated rings. The van der Waals surface area contributed by atoms with Gasteiger partial charge in [-0.25, -0.2) is 0 Å². The maximum Gasteiger partial charge on any atom is 0.308 e. The Morgan fingerprint density at radius 2 is 1.53 bits per heavy atom. The molecule has 0 bridgehead atoms. The molecular weight excluding hydrogens is 652 g/mol. The monoisotopic (exact) mass is 690 g/mol. The van der Waals surface area contributed by atoms with Crippen LogP contribution in [0.25, 0.3) is 22.3 Å². The van der Waals surface area contributed by atoms with Gasteiger partial charge in [-0.3, -0.25) is 14.4 Å². The van der Waals surface area contributed by atoms with Crippen LogP contribution in [0.15, 0.2) is 45.6 Å². The van der Waals surface area contributed by atoms with Crippen LogP contribution in [0.5, 0.6) is 17.2 Å². The van der Waals surface area contributed by atoms with Crippen LogP contribution in [0.2, 0.25) is 0 Å². The number of aliphatic hydroxyl groups is 5. The number of methoxy groups -OCH3 is 2. The minimum absolute atomic E-state index is 0.0563. The summed E-state index contributed by atoms with van der Waals surface area (Å²) in [6.45, 7) is 2.77. The summed E-state index contributed by atoms with van der Waals surface area (Å²) in [5, 5.41) is 53.2. The Morgan fingerprint density at radius 3 is 2.12 bits per heavy atom. The Hall–Kier alpha value is -4.13. The average Bonchev–Trinajstić information content (AvgIpc) is 3.07. The molecule has 0 amide bonds. The zero-order valence-corrected chi connectivity index (χ0v) is 27.2. The number of carbonyl (C=O) groups excluding carboxylic acids is 2. The number of hydrogen-bond acceptors (Lipinski definition) is 16. The Kier molecular flexibility index (Phi) is 10.9. The molecule has 0 saturated carbocycles. The molecule has 0 spiro atoms. The minimum Gasteiger partial charge on any atom is -0.497 e. The van der Waals surface area contributed by atoms with Crippen molar-refractivity contribution in [1.29, 1.82) is 0 Å². The van der Waals surface area contributed by atoms with Gasteiger partial charge in [-0.15, -0.1) is 0 Å². The molecule has 2 aliphatic rings. The van der Waals surface area contributed by atoms with E-state index in [-0.39, 0.29) is 33.8 Å². The van der Waals surface area contributed by atoms with E-state index >= 15 is 0 Å². The highest BCUT2D eigenvalue weighted by Crippen LogP contribution is 2.47. The van der Waals surface area contributed by atoms with Crippen LogP contribution in [0.4, 0.5) is 0 Å². The number of benzene rings is 2. The molecule has 266 valence electrons. The van der Waals surface area contributed by atoms with Crippen molar-refractivity contribution in [3.8, 4) is 28.6 Å². The zero-order chi connectivity index (χ0) is 35.7. The van der Waals surface area contributed by atoms with Gasteiger partial charge in [0.2, 0.25) is 0 Å². The van der Waals surface area contributed by atoms with Gasteiger partial charge in [-0.2, -0.15) is 0 Å². The van der Waals surface area contributed by atoms with Crippen molar-refractivity contribution in [2.45, 2.75) is 82.0 Å². The molecule has 49 heavy (non-hydrogen) atoms. The van der Waals surface area contributed by atoms with Gasteiger partial charge in [-0.1, -0.05) is 0 Å². The van der Waals surface area contributed by atoms with Gasteiger partial charge in [0.15, 0.2) is 23.6 Å². The third-order valence-electron chi connectivity index (χ3n) is 8.34. The summed E-state index contributed by atoms with van der Waals surface area (Å²) in [6, 6.07) is 9.22. The van der Waals surface area contributed by atoms with E-state index in [4.69, 9.17) is 37.6 Å². The maximum absolute atomic E-state index is 13.8. The summed E-state index contributed by atoms with van der Waals surface area (Å²) in [5.41, 5.74) is -0.326. The second kappa shape index (κ2) is 14.8. The van der Waals surface area contributed by atoms with Crippen molar-refractivity contribution in [3.05, 3.63) is 52.2 Å². The highest BCUT2D eigenvalue weighted by molar-refractivity contribution is 5.91. The second-order valence-electron chi connectivity index (χ2n) is 11.6. The molecule has 3 heterocycles. The molecule has 1 aromatic heterocycles. The molecule has 5 rings (SSSR count). The third kappa shape index (κ3) is 7.13. The van der Waals surface area contributed by atoms with Gasteiger partial charge < -0.3 is 63.1 Å². The maximum atomic E-state index is 13.8. The summed E-state index contributed by atoms with van der Waals surface area (Å²) >= 11 is 0. The van der Waals surface area contributed by atoms with Crippen LogP contribution in [0, 0.1) is 0 Å². The van der Waals surface area contributed by atoms with E-state index in [1.165, 1.54) is 33.3 Å². The highest BCUT2D eigenvalue weighted by Gasteiger charge is 2.53. The van der Waals surface area contributed by atoms with Gasteiger partial charge in [0, 0.05) is 31.5 Å². The lowest BCUT2D eigenvalue weighted by molar-refractivity contribution is -0.339. The fourth-order valence-corrected chi connectivity index (χ4v) is 5.92. The number of fused-ring (bicyclic) bond motifs is 1. The Morgan fingerprint density at radius 1 is 0.857 bits per heavy atom. The van der Waals surface area contributed by atoms with Crippen molar-refractivity contribution < 1.29 is 72.7 Å². The van der Waals surface area contributed by atoms with Crippen molar-refractivity contribution in [1.82, 2.24) is 0 Å². The molecule has 3 aromatic rings. The molecule has 5 N–H and O–H groups in total. The van der Waals surface area contributed by atoms with Gasteiger partial charge in [0.05, 0.1) is 32.5 Å². The lowest BCUT2D eigenvalue weighted by atomic mass is 9.89. The summed E-state index contributed by atoms with van der Waals surface area (Å²) in [4.78, 5) is 38.2. The topological polar surface area (TPSA) is 230 Å². The number of rotatable bonds is 9. The number of carbonyl (C=O) groups is 2. The van der Waals surface area contributed by atoms with Gasteiger partial charge in [0.25, 0.3) is 0 Å². The van der Waals surface area contributed by atoms with E-state index in [2.05, 4.69) is 0 Å². The van der Waals surface area contributed by atoms with Gasteiger partial charge >= 0.3 is 11.9 Å². The fraction of sp³-hybridized carbons (Fsp3) is 0.485. The number of ether oxygens (including phenoxy) is 7. The predicted octanol–water partition coefficient (Wildman–Crippen LogP) is 0.340. The van der Waals surface area contributed by atoms with Crippen LogP contribution in [-0.4, -0.2) is 113 Å². The highest BCUT2D eigenvalue weighted by atomic mass is 16.7. The van der Waals surface area contributed by atoms with Crippen LogP contribution in [0.1, 0.15) is 32.4 Å². The molecule has 0 aliphatic carbocycles. The minimum atomic E-state index is -1.86. The van der Waals surface area contributed by atoms with E-state index in [9.17, 15) is 39.9 Å². The summed E-state index contributed by atoms with van der Waals surface area (Å²) in [7, 11) is 2.77. The SMILES string of the molecule is COc1ccc(-c2cc(=O)c3c(OC(C)=O)c([C@@H]4O[C@H](CO)[C@@H](O)[C@H](O)[C@H]4O[C@@H]4O[C@@H](C)[C@H](O)[C@@H](O)[C@H]4OC(C)=O)c(OC)cc3o2)cc1. The van der Waals surface area contributed by atoms with Crippen LogP contribution < -0.4 is 19.6 Å². The van der Waals surface area contributed by atoms with Crippen molar-refractivity contribution in [2.24, 2.45) is 0 Å². The fourth-order valence-electron chi connectivity index (χ4n) is 5.92. The first-order chi connectivity index (χ1) is 23.3. The van der Waals surface area contributed by atoms with Gasteiger partial charge in [-0.05, 0) is 31.2 Å². The summed E-state index contributed by atoms with van der Waals surface area (Å²) in [6.07, 6.45) is -15.8. The Labute approximate surface area is 279 Å². The number of hydrogen-bond donors (Lipinski definition) is 5. The van der Waals surface area contributed by atoms with Crippen molar-refractivity contribution in [3.63, 3.8) is 0 Å². The van der Waals surface area contributed by atoms with E-state index in [0.717, 1.165) is 13.8 Å². The lowest BCUT2D eigenvalue weighted by Gasteiger charge is -2.47. The lowest BCUT2D eigenvalue weighted by Crippen LogP contribution is -2.62. The Bertz CT molecular complexity index is 1720. The van der Waals surface area contributed by atoms with E-state index in [1.54, 1.807) is 24.3 Å². The van der Waals surface area contributed by atoms with Crippen molar-refractivity contribution >= 4 is 22.9 Å². The zero-order valence-electron chi connectivity index (χ0n) is 27.2. The first kappa shape index (κ1) is 36.2. The first-order valence-corrected chi connectivity index (χ1v) is 15.3. The van der Waals surface area contributed by atoms with E-state index < -0.39 is 85.2 Å². The van der Waals surface area contributed by atoms with Crippen LogP contribution in [-0.2, 0) is 28.5 Å². The molecule has 16 nitrogen and oxygen atoms in total. The number of aliphatic hydroxyl groups excluding tert-OH is 5. The standard InChI is InChI=1S/C33H38O16/c1-13-25(38)27(40)32(46-15(3)36)33(44-13)49-31-28(41)26(39)22(12-34)48-30(31)24-20(43-5)11-21-23(29(24)45-14(2)35)18(37)10-19(47-21)16-6-8-17(42-4)9-7-16/h6-11,13,22,25-28,30-34,38-41H,12H2,1-5H3/t13-,22+,25-,26+,27+,28-,30-,31+,32+,33-/m0/s1. The average molecular weight is 691 g/mol. The molecule has 2 aromatic carbocycles. The molecule has 0 unspecified atom stereocenters. The quantitative estimate of drug-likeness (QED) is 0.151. The summed E-state index contributed by atoms with van der Waals surface area (Å²) in [5.74, 6) is -1.44. The smallest absolute Gasteiger partial charge is 0.308 e. The van der Waals surface area contributed by atoms with Crippen LogP contribution in [0.3, 0.4) is 0 Å². The first-order valence-electron chi connectivity index (χ1n) is 15.3. The van der Waals surface area contributed by atoms with Crippen molar-refractivity contribution in [2.75, 3.05) is 20.8 Å². The van der Waals surface area contributed by atoms with Gasteiger partial charge in [0.1, 0.15) is 71.0 Å². The predicted molar refractivity (Wildman–Crippen MR) is 166 cm³/mol. The Balaban J connectivity index is 1.69. The third-order valence-corrected chi connectivity index (χ3v) is 8.34. The molecule has 2 aliphatic heterocycles. The molecule has 16 heteroatoms. The molecule has 2 saturated heterocycles. The molecule has 0 radical (unpaired) electrons. The molecule has 10 atom stereocenters. The second-order valence-corrected chi connectivity index (χ2v) is 11.6. The van der Waals surface area contributed by atoms with Crippen LogP contribution >= 0.6 is 0 Å². The number of esters is 2. The largest absolute Gasteiger partial charge is 0.497 e. The summed E-state index contributed by atoms with van der Waals surface area (Å²) < 4.78 is 45.6. The molecular formula is C33H38O16. The van der Waals surface area contributed by atoms with E-state index in [0.29, 0.717) is 11.3 Å².